The zero-order valence-corrected chi connectivity index (χ0v) is 9.37. The summed E-state index contributed by atoms with van der Waals surface area (Å²) in [7, 11) is -3.05. The Morgan fingerprint density at radius 3 is 2.50 bits per heavy atom. The van der Waals surface area contributed by atoms with Crippen molar-refractivity contribution in [1.82, 2.24) is 9.78 Å². The lowest BCUT2D eigenvalue weighted by molar-refractivity contribution is 0.540. The largest absolute Gasteiger partial charge is 0.384 e. The normalized spacial score (nSPS) is 12.3. The summed E-state index contributed by atoms with van der Waals surface area (Å²) < 4.78 is 23.7. The summed E-state index contributed by atoms with van der Waals surface area (Å²) in [5.74, 6) is 0.386. The van der Waals surface area contributed by atoms with Crippen LogP contribution in [0.15, 0.2) is 6.20 Å². The van der Waals surface area contributed by atoms with Crippen LogP contribution in [0.2, 0.25) is 0 Å². The van der Waals surface area contributed by atoms with Crippen molar-refractivity contribution in [3.63, 3.8) is 0 Å². The van der Waals surface area contributed by atoms with E-state index in [1.54, 1.807) is 4.68 Å². The van der Waals surface area contributed by atoms with Gasteiger partial charge in [0.2, 0.25) is 0 Å². The second kappa shape index (κ2) is 3.61. The first-order valence-corrected chi connectivity index (χ1v) is 6.37. The molecule has 0 fully saturated rings. The van der Waals surface area contributed by atoms with Crippen LogP contribution in [0.5, 0.6) is 0 Å². The molecule has 0 saturated heterocycles. The van der Waals surface area contributed by atoms with Crippen LogP contribution in [0.4, 0.5) is 5.82 Å². The number of anilines is 1. The molecule has 0 bridgehead atoms. The summed E-state index contributed by atoms with van der Waals surface area (Å²) in [4.78, 5) is 0. The molecule has 0 atom stereocenters. The van der Waals surface area contributed by atoms with Gasteiger partial charge in [0.1, 0.15) is 5.82 Å². The van der Waals surface area contributed by atoms with Gasteiger partial charge in [0.05, 0.1) is 11.9 Å². The molecule has 0 radical (unpaired) electrons. The van der Waals surface area contributed by atoms with Crippen LogP contribution in [0, 0.1) is 0 Å². The maximum absolute atomic E-state index is 11.0. The van der Waals surface area contributed by atoms with Crippen molar-refractivity contribution < 1.29 is 8.42 Å². The van der Waals surface area contributed by atoms with Gasteiger partial charge in [0, 0.05) is 17.9 Å². The van der Waals surface area contributed by atoms with Crippen LogP contribution in [0.3, 0.4) is 0 Å². The van der Waals surface area contributed by atoms with Gasteiger partial charge < -0.3 is 5.73 Å². The maximum atomic E-state index is 11.0. The second-order valence-corrected chi connectivity index (χ2v) is 5.80. The van der Waals surface area contributed by atoms with Gasteiger partial charge in [-0.05, 0) is 13.8 Å². The Labute approximate surface area is 83.8 Å². The summed E-state index contributed by atoms with van der Waals surface area (Å²) in [6.07, 6.45) is 2.69. The molecule has 0 saturated carbocycles. The first kappa shape index (κ1) is 11.0. The molecule has 2 N–H and O–H groups in total. The van der Waals surface area contributed by atoms with Crippen LogP contribution in [0.1, 0.15) is 25.5 Å². The number of sulfone groups is 1. The van der Waals surface area contributed by atoms with E-state index in [1.165, 1.54) is 12.5 Å². The minimum absolute atomic E-state index is 0.0500. The topological polar surface area (TPSA) is 78.0 Å². The van der Waals surface area contributed by atoms with E-state index in [9.17, 15) is 8.42 Å². The molecule has 0 unspecified atom stereocenters. The fourth-order valence-corrected chi connectivity index (χ4v) is 2.00. The van der Waals surface area contributed by atoms with Crippen LogP contribution >= 0.6 is 0 Å². The maximum Gasteiger partial charge on any atom is 0.151 e. The predicted molar refractivity (Wildman–Crippen MR) is 55.6 cm³/mol. The molecule has 1 aromatic heterocycles. The second-order valence-electron chi connectivity index (χ2n) is 3.66. The molecule has 1 aromatic rings. The average Bonchev–Trinajstić information content (AvgIpc) is 2.29. The van der Waals surface area contributed by atoms with E-state index in [1.807, 2.05) is 13.8 Å². The molecule has 80 valence electrons. The van der Waals surface area contributed by atoms with Crippen molar-refractivity contribution in [1.29, 1.82) is 0 Å². The Bertz CT molecular complexity index is 420. The van der Waals surface area contributed by atoms with E-state index in [-0.39, 0.29) is 11.8 Å². The minimum Gasteiger partial charge on any atom is -0.384 e. The molecule has 1 heterocycles. The van der Waals surface area contributed by atoms with Gasteiger partial charge in [0.15, 0.2) is 9.84 Å². The first-order valence-electron chi connectivity index (χ1n) is 4.31. The van der Waals surface area contributed by atoms with Crippen LogP contribution in [-0.2, 0) is 15.6 Å². The highest BCUT2D eigenvalue weighted by Crippen LogP contribution is 2.17. The number of hydrogen-bond acceptors (Lipinski definition) is 4. The molecule has 5 nitrogen and oxygen atoms in total. The summed E-state index contributed by atoms with van der Waals surface area (Å²) in [5, 5.41) is 4.03. The molecular formula is C8H15N3O2S. The lowest BCUT2D eigenvalue weighted by Gasteiger charge is -2.07. The molecule has 0 aliphatic rings. The molecular weight excluding hydrogens is 202 g/mol. The highest BCUT2D eigenvalue weighted by Gasteiger charge is 2.13. The van der Waals surface area contributed by atoms with E-state index in [0.717, 1.165) is 0 Å². The van der Waals surface area contributed by atoms with Gasteiger partial charge in [-0.25, -0.2) is 13.1 Å². The van der Waals surface area contributed by atoms with Gasteiger partial charge >= 0.3 is 0 Å². The van der Waals surface area contributed by atoms with Crippen molar-refractivity contribution in [3.8, 4) is 0 Å². The molecule has 6 heteroatoms. The number of hydrogen-bond donors (Lipinski definition) is 1. The van der Waals surface area contributed by atoms with E-state index < -0.39 is 9.84 Å². The Morgan fingerprint density at radius 1 is 1.57 bits per heavy atom. The predicted octanol–water partition coefficient (Wildman–Crippen LogP) is 0.591. The monoisotopic (exact) mass is 217 g/mol. The van der Waals surface area contributed by atoms with Crippen LogP contribution in [-0.4, -0.2) is 24.5 Å². The van der Waals surface area contributed by atoms with Gasteiger partial charge in [-0.3, -0.25) is 0 Å². The number of aromatic nitrogens is 2. The fourth-order valence-electron chi connectivity index (χ4n) is 1.21. The summed E-state index contributed by atoms with van der Waals surface area (Å²) in [6.45, 7) is 3.88. The summed E-state index contributed by atoms with van der Waals surface area (Å²) in [5.41, 5.74) is 6.32. The minimum atomic E-state index is -3.05. The fraction of sp³-hybridized carbons (Fsp3) is 0.625. The SMILES string of the molecule is CC(C)n1ncc(CS(C)(=O)=O)c1N. The highest BCUT2D eigenvalue weighted by molar-refractivity contribution is 7.89. The van der Waals surface area contributed by atoms with Crippen LogP contribution < -0.4 is 5.73 Å². The van der Waals surface area contributed by atoms with Gasteiger partial charge in [-0.15, -0.1) is 0 Å². The molecule has 0 aliphatic heterocycles. The van der Waals surface area contributed by atoms with Crippen LogP contribution in [0.25, 0.3) is 0 Å². The smallest absolute Gasteiger partial charge is 0.151 e. The molecule has 0 amide bonds. The summed E-state index contributed by atoms with van der Waals surface area (Å²) >= 11 is 0. The number of nitrogens with two attached hydrogens (primary N) is 1. The molecule has 1 rings (SSSR count). The average molecular weight is 217 g/mol. The van der Waals surface area contributed by atoms with Crippen molar-refractivity contribution in [2.45, 2.75) is 25.6 Å². The third-order valence-electron chi connectivity index (χ3n) is 1.82. The third-order valence-corrected chi connectivity index (χ3v) is 2.66. The first-order chi connectivity index (χ1) is 6.31. The van der Waals surface area contributed by atoms with Gasteiger partial charge in [0.25, 0.3) is 0 Å². The summed E-state index contributed by atoms with van der Waals surface area (Å²) in [6, 6.07) is 0.142. The van der Waals surface area contributed by atoms with Crippen molar-refractivity contribution in [3.05, 3.63) is 11.8 Å². The zero-order chi connectivity index (χ0) is 10.9. The lowest BCUT2D eigenvalue weighted by Crippen LogP contribution is -2.09. The highest BCUT2D eigenvalue weighted by atomic mass is 32.2. The van der Waals surface area contributed by atoms with E-state index in [0.29, 0.717) is 11.4 Å². The number of nitrogen functional groups attached to an aromatic ring is 1. The lowest BCUT2D eigenvalue weighted by atomic mass is 10.3. The Hall–Kier alpha value is -1.04. The van der Waals surface area contributed by atoms with E-state index >= 15 is 0 Å². The number of rotatable bonds is 3. The molecule has 0 aliphatic carbocycles. The standard InChI is InChI=1S/C8H15N3O2S/c1-6(2)11-8(9)7(4-10-11)5-14(3,12)13/h4,6H,5,9H2,1-3H3. The molecule has 14 heavy (non-hydrogen) atoms. The Balaban J connectivity index is 3.02. The van der Waals surface area contributed by atoms with Crippen molar-refractivity contribution in [2.75, 3.05) is 12.0 Å². The molecule has 0 spiro atoms. The van der Waals surface area contributed by atoms with E-state index in [4.69, 9.17) is 5.73 Å². The third kappa shape index (κ3) is 2.47. The Kier molecular flexibility index (Phi) is 2.84. The zero-order valence-electron chi connectivity index (χ0n) is 8.56. The number of nitrogens with zero attached hydrogens (tertiary/aromatic N) is 2. The quantitative estimate of drug-likeness (QED) is 0.803. The van der Waals surface area contributed by atoms with Crippen molar-refractivity contribution in [2.24, 2.45) is 0 Å². The van der Waals surface area contributed by atoms with Gasteiger partial charge in [-0.2, -0.15) is 5.10 Å². The molecule has 0 aromatic carbocycles. The van der Waals surface area contributed by atoms with Gasteiger partial charge in [-0.1, -0.05) is 0 Å². The Morgan fingerprint density at radius 2 is 2.14 bits per heavy atom. The van der Waals surface area contributed by atoms with E-state index in [2.05, 4.69) is 5.10 Å². The van der Waals surface area contributed by atoms with Crippen molar-refractivity contribution >= 4 is 15.7 Å².